The van der Waals surface area contributed by atoms with Crippen LogP contribution in [0.2, 0.25) is 0 Å². The Hall–Kier alpha value is -4.30. The van der Waals surface area contributed by atoms with Gasteiger partial charge in [-0.05, 0) is 46.2 Å². The first-order chi connectivity index (χ1) is 16.8. The van der Waals surface area contributed by atoms with Crippen LogP contribution in [0.15, 0.2) is 133 Å². The topological polar surface area (TPSA) is 3.24 Å². The van der Waals surface area contributed by atoms with E-state index in [1.165, 1.54) is 49.5 Å². The minimum atomic E-state index is 1.14. The van der Waals surface area contributed by atoms with E-state index in [4.69, 9.17) is 0 Å². The zero-order valence-electron chi connectivity index (χ0n) is 19.1. The Morgan fingerprint density at radius 1 is 0.441 bits per heavy atom. The van der Waals surface area contributed by atoms with E-state index >= 15 is 0 Å². The van der Waals surface area contributed by atoms with E-state index in [9.17, 15) is 0 Å². The molecule has 0 radical (unpaired) electrons. The van der Waals surface area contributed by atoms with Gasteiger partial charge in [0.1, 0.15) is 7.85 Å². The standard InChI is InChI=1S/C32H24BN/c33-30-16-6-5-13-27(30)25-19-21-26(22-20-25)34(31-17-7-11-23-9-1-3-14-28(23)31)32-18-8-12-24-10-2-4-15-29(24)32/h1-22H,33H2. The Morgan fingerprint density at radius 3 is 1.53 bits per heavy atom. The van der Waals surface area contributed by atoms with Gasteiger partial charge in [0.2, 0.25) is 0 Å². The van der Waals surface area contributed by atoms with Crippen molar-refractivity contribution in [3.63, 3.8) is 0 Å². The van der Waals surface area contributed by atoms with Crippen LogP contribution in [-0.4, -0.2) is 7.85 Å². The third-order valence-corrected chi connectivity index (χ3v) is 6.60. The van der Waals surface area contributed by atoms with Crippen LogP contribution in [0.4, 0.5) is 17.1 Å². The molecule has 0 aliphatic heterocycles. The van der Waals surface area contributed by atoms with Crippen molar-refractivity contribution < 1.29 is 0 Å². The maximum absolute atomic E-state index is 2.40. The average molecular weight is 433 g/mol. The molecule has 160 valence electrons. The van der Waals surface area contributed by atoms with Crippen LogP contribution in [0.5, 0.6) is 0 Å². The van der Waals surface area contributed by atoms with Gasteiger partial charge in [0.25, 0.3) is 0 Å². The van der Waals surface area contributed by atoms with Crippen molar-refractivity contribution in [2.24, 2.45) is 0 Å². The fraction of sp³-hybridized carbons (Fsp3) is 0. The number of hydrogen-bond donors (Lipinski definition) is 0. The maximum Gasteiger partial charge on any atom is 0.140 e. The lowest BCUT2D eigenvalue weighted by Crippen LogP contribution is -2.11. The fourth-order valence-electron chi connectivity index (χ4n) is 4.90. The van der Waals surface area contributed by atoms with Crippen LogP contribution < -0.4 is 10.4 Å². The lowest BCUT2D eigenvalue weighted by Gasteiger charge is -2.28. The predicted octanol–water partition coefficient (Wildman–Crippen LogP) is 7.39. The molecule has 0 fully saturated rings. The van der Waals surface area contributed by atoms with Gasteiger partial charge in [0.05, 0.1) is 11.4 Å². The second-order valence-corrected chi connectivity index (χ2v) is 8.69. The van der Waals surface area contributed by atoms with Crippen LogP contribution in [-0.2, 0) is 0 Å². The van der Waals surface area contributed by atoms with Gasteiger partial charge in [-0.1, -0.05) is 115 Å². The molecule has 0 bridgehead atoms. The lowest BCUT2D eigenvalue weighted by molar-refractivity contribution is 1.31. The van der Waals surface area contributed by atoms with E-state index < -0.39 is 0 Å². The minimum absolute atomic E-state index is 1.14. The van der Waals surface area contributed by atoms with Gasteiger partial charge < -0.3 is 4.90 Å². The molecule has 0 saturated carbocycles. The Balaban J connectivity index is 1.58. The normalized spacial score (nSPS) is 11.1. The minimum Gasteiger partial charge on any atom is -0.309 e. The number of nitrogens with zero attached hydrogens (tertiary/aromatic N) is 1. The molecule has 0 aliphatic carbocycles. The van der Waals surface area contributed by atoms with Gasteiger partial charge in [-0.25, -0.2) is 0 Å². The van der Waals surface area contributed by atoms with Crippen molar-refractivity contribution in [1.82, 2.24) is 0 Å². The Labute approximate surface area is 201 Å². The lowest BCUT2D eigenvalue weighted by atomic mass is 9.87. The summed E-state index contributed by atoms with van der Waals surface area (Å²) >= 11 is 0. The second kappa shape index (κ2) is 8.57. The number of anilines is 3. The van der Waals surface area contributed by atoms with Gasteiger partial charge in [0, 0.05) is 16.5 Å². The average Bonchev–Trinajstić information content (AvgIpc) is 2.90. The molecule has 0 aliphatic rings. The summed E-state index contributed by atoms with van der Waals surface area (Å²) in [6.45, 7) is 0. The predicted molar refractivity (Wildman–Crippen MR) is 150 cm³/mol. The molecule has 0 N–H and O–H groups in total. The summed E-state index contributed by atoms with van der Waals surface area (Å²) in [5, 5.41) is 4.95. The molecule has 0 saturated heterocycles. The monoisotopic (exact) mass is 433 g/mol. The van der Waals surface area contributed by atoms with Gasteiger partial charge in [0.15, 0.2) is 0 Å². The number of hydrogen-bond acceptors (Lipinski definition) is 1. The van der Waals surface area contributed by atoms with Crippen molar-refractivity contribution in [3.8, 4) is 11.1 Å². The third kappa shape index (κ3) is 3.54. The molecule has 0 spiro atoms. The molecular formula is C32H24BN. The van der Waals surface area contributed by atoms with Crippen molar-refractivity contribution in [2.75, 3.05) is 4.90 Å². The third-order valence-electron chi connectivity index (χ3n) is 6.60. The molecule has 6 rings (SSSR count). The largest absolute Gasteiger partial charge is 0.309 e. The number of fused-ring (bicyclic) bond motifs is 2. The van der Waals surface area contributed by atoms with Gasteiger partial charge in [-0.3, -0.25) is 0 Å². The van der Waals surface area contributed by atoms with Gasteiger partial charge >= 0.3 is 0 Å². The fourth-order valence-corrected chi connectivity index (χ4v) is 4.90. The maximum atomic E-state index is 2.40. The SMILES string of the molecule is Bc1ccccc1-c1ccc(N(c2cccc3ccccc23)c2cccc3ccccc23)cc1. The molecule has 0 heterocycles. The summed E-state index contributed by atoms with van der Waals surface area (Å²) in [4.78, 5) is 2.40. The first-order valence-electron chi connectivity index (χ1n) is 11.7. The van der Waals surface area contributed by atoms with Crippen LogP contribution in [0, 0.1) is 0 Å². The highest BCUT2D eigenvalue weighted by atomic mass is 15.1. The highest BCUT2D eigenvalue weighted by molar-refractivity contribution is 6.35. The zero-order chi connectivity index (χ0) is 22.9. The number of rotatable bonds is 4. The second-order valence-electron chi connectivity index (χ2n) is 8.69. The molecule has 0 aromatic heterocycles. The van der Waals surface area contributed by atoms with Crippen molar-refractivity contribution in [3.05, 3.63) is 133 Å². The van der Waals surface area contributed by atoms with Crippen LogP contribution in [0.3, 0.4) is 0 Å². The Bertz CT molecular complexity index is 1530. The van der Waals surface area contributed by atoms with Gasteiger partial charge in [-0.2, -0.15) is 0 Å². The molecule has 6 aromatic rings. The van der Waals surface area contributed by atoms with Crippen molar-refractivity contribution >= 4 is 51.9 Å². The molecule has 0 atom stereocenters. The smallest absolute Gasteiger partial charge is 0.140 e. The number of benzene rings is 6. The van der Waals surface area contributed by atoms with E-state index in [0.717, 1.165) is 5.69 Å². The zero-order valence-corrected chi connectivity index (χ0v) is 19.1. The molecule has 0 amide bonds. The van der Waals surface area contributed by atoms with Crippen molar-refractivity contribution in [2.45, 2.75) is 0 Å². The Kier molecular flexibility index (Phi) is 5.12. The van der Waals surface area contributed by atoms with Crippen LogP contribution >= 0.6 is 0 Å². The summed E-state index contributed by atoms with van der Waals surface area (Å²) < 4.78 is 0. The van der Waals surface area contributed by atoms with Crippen molar-refractivity contribution in [1.29, 1.82) is 0 Å². The summed E-state index contributed by atoms with van der Waals surface area (Å²) in [6.07, 6.45) is 0. The molecule has 6 aromatic carbocycles. The van der Waals surface area contributed by atoms with E-state index in [-0.39, 0.29) is 0 Å². The molecule has 34 heavy (non-hydrogen) atoms. The highest BCUT2D eigenvalue weighted by Gasteiger charge is 2.17. The molecule has 0 unspecified atom stereocenters. The first kappa shape index (κ1) is 20.3. The van der Waals surface area contributed by atoms with E-state index in [1.54, 1.807) is 0 Å². The summed E-state index contributed by atoms with van der Waals surface area (Å²) in [7, 11) is 2.17. The van der Waals surface area contributed by atoms with E-state index in [2.05, 4.69) is 146 Å². The Morgan fingerprint density at radius 2 is 0.941 bits per heavy atom. The van der Waals surface area contributed by atoms with E-state index in [1.807, 2.05) is 0 Å². The first-order valence-corrected chi connectivity index (χ1v) is 11.7. The molecular weight excluding hydrogens is 409 g/mol. The summed E-state index contributed by atoms with van der Waals surface area (Å²) in [6, 6.07) is 47.9. The van der Waals surface area contributed by atoms with Crippen LogP contribution in [0.1, 0.15) is 0 Å². The highest BCUT2D eigenvalue weighted by Crippen LogP contribution is 2.42. The van der Waals surface area contributed by atoms with Crippen LogP contribution in [0.25, 0.3) is 32.7 Å². The van der Waals surface area contributed by atoms with Gasteiger partial charge in [-0.15, -0.1) is 0 Å². The van der Waals surface area contributed by atoms with E-state index in [0.29, 0.717) is 0 Å². The molecule has 1 nitrogen and oxygen atoms in total. The summed E-state index contributed by atoms with van der Waals surface area (Å²) in [5.74, 6) is 0. The quantitative estimate of drug-likeness (QED) is 0.262. The summed E-state index contributed by atoms with van der Waals surface area (Å²) in [5.41, 5.74) is 7.30. The molecule has 2 heteroatoms.